The van der Waals surface area contributed by atoms with Crippen molar-refractivity contribution >= 4 is 11.4 Å². The quantitative estimate of drug-likeness (QED) is 0.795. The fourth-order valence-electron chi connectivity index (χ4n) is 1.74. The summed E-state index contributed by atoms with van der Waals surface area (Å²) in [6.45, 7) is 0.780. The normalized spacial score (nSPS) is 10.0. The van der Waals surface area contributed by atoms with E-state index in [1.807, 2.05) is 25.5 Å². The maximum absolute atomic E-state index is 8.74. The Morgan fingerprint density at radius 3 is 2.94 bits per heavy atom. The molecule has 5 heteroatoms. The number of benzene rings is 1. The zero-order chi connectivity index (χ0) is 13.0. The van der Waals surface area contributed by atoms with Gasteiger partial charge in [0.25, 0.3) is 0 Å². The summed E-state index contributed by atoms with van der Waals surface area (Å²) < 4.78 is 1.78. The Morgan fingerprint density at radius 1 is 1.50 bits per heavy atom. The average molecular weight is 241 g/mol. The van der Waals surface area contributed by atoms with Crippen LogP contribution in [0.4, 0.5) is 11.4 Å². The van der Waals surface area contributed by atoms with Crippen LogP contribution in [-0.2, 0) is 13.5 Å². The second kappa shape index (κ2) is 5.23. The Balaban J connectivity index is 1.92. The molecule has 0 unspecified atom stereocenters. The molecule has 1 aromatic carbocycles. The number of nitrogen functional groups attached to an aromatic ring is 1. The fourth-order valence-corrected chi connectivity index (χ4v) is 1.74. The number of nitriles is 1. The number of nitrogens with two attached hydrogens (primary N) is 1. The Bertz CT molecular complexity index is 579. The van der Waals surface area contributed by atoms with Crippen molar-refractivity contribution < 1.29 is 0 Å². The summed E-state index contributed by atoms with van der Waals surface area (Å²) in [5.74, 6) is 0. The second-order valence-electron chi connectivity index (χ2n) is 4.11. The number of hydrogen-bond acceptors (Lipinski definition) is 4. The molecule has 2 aromatic rings. The Labute approximate surface area is 106 Å². The van der Waals surface area contributed by atoms with Gasteiger partial charge in [-0.25, -0.2) is 0 Å². The first kappa shape index (κ1) is 12.0. The highest BCUT2D eigenvalue weighted by Gasteiger charge is 2.01. The molecule has 0 atom stereocenters. The highest BCUT2D eigenvalue weighted by atomic mass is 15.2. The first-order valence-corrected chi connectivity index (χ1v) is 5.70. The Kier molecular flexibility index (Phi) is 3.49. The predicted octanol–water partition coefficient (Wildman–Crippen LogP) is 1.53. The molecule has 0 amide bonds. The Morgan fingerprint density at radius 2 is 2.33 bits per heavy atom. The van der Waals surface area contributed by atoms with E-state index < -0.39 is 0 Å². The Hall–Kier alpha value is -2.48. The summed E-state index contributed by atoms with van der Waals surface area (Å²) in [6.07, 6.45) is 4.72. The first-order chi connectivity index (χ1) is 8.69. The molecule has 0 aliphatic heterocycles. The van der Waals surface area contributed by atoms with E-state index in [4.69, 9.17) is 11.0 Å². The lowest BCUT2D eigenvalue weighted by Crippen LogP contribution is -2.06. The molecular weight excluding hydrogens is 226 g/mol. The van der Waals surface area contributed by atoms with Crippen LogP contribution in [0.5, 0.6) is 0 Å². The van der Waals surface area contributed by atoms with Gasteiger partial charge in [-0.3, -0.25) is 4.68 Å². The van der Waals surface area contributed by atoms with Crippen LogP contribution in [0.3, 0.4) is 0 Å². The molecule has 92 valence electrons. The van der Waals surface area contributed by atoms with E-state index in [1.165, 1.54) is 5.56 Å². The van der Waals surface area contributed by atoms with E-state index in [2.05, 4.69) is 16.5 Å². The smallest absolute Gasteiger partial charge is 0.0992 e. The molecule has 1 heterocycles. The molecule has 0 radical (unpaired) electrons. The van der Waals surface area contributed by atoms with E-state index in [0.29, 0.717) is 11.3 Å². The van der Waals surface area contributed by atoms with E-state index >= 15 is 0 Å². The fraction of sp³-hybridized carbons (Fsp3) is 0.231. The summed E-state index contributed by atoms with van der Waals surface area (Å²) in [5, 5.41) is 16.1. The summed E-state index contributed by atoms with van der Waals surface area (Å²) in [5.41, 5.74) is 9.06. The van der Waals surface area contributed by atoms with Gasteiger partial charge in [0, 0.05) is 19.8 Å². The topological polar surface area (TPSA) is 79.7 Å². The number of hydrogen-bond donors (Lipinski definition) is 2. The molecule has 0 aliphatic rings. The minimum absolute atomic E-state index is 0.574. The second-order valence-corrected chi connectivity index (χ2v) is 4.11. The van der Waals surface area contributed by atoms with Gasteiger partial charge < -0.3 is 11.1 Å². The zero-order valence-electron chi connectivity index (χ0n) is 10.2. The summed E-state index contributed by atoms with van der Waals surface area (Å²) in [4.78, 5) is 0. The third-order valence-corrected chi connectivity index (χ3v) is 2.67. The van der Waals surface area contributed by atoms with Gasteiger partial charge in [-0.15, -0.1) is 0 Å². The molecule has 0 fully saturated rings. The number of anilines is 2. The van der Waals surface area contributed by atoms with Gasteiger partial charge in [0.15, 0.2) is 0 Å². The lowest BCUT2D eigenvalue weighted by molar-refractivity contribution is 0.767. The molecule has 18 heavy (non-hydrogen) atoms. The molecule has 3 N–H and O–H groups in total. The molecular formula is C13H15N5. The average Bonchev–Trinajstić information content (AvgIpc) is 2.77. The SMILES string of the molecule is Cn1cc(CCNc2ccc(C#N)cc2N)cn1. The summed E-state index contributed by atoms with van der Waals surface area (Å²) in [7, 11) is 1.90. The molecule has 2 rings (SSSR count). The van der Waals surface area contributed by atoms with Gasteiger partial charge in [0.1, 0.15) is 0 Å². The number of aromatic nitrogens is 2. The van der Waals surface area contributed by atoms with Crippen LogP contribution in [0, 0.1) is 11.3 Å². The van der Waals surface area contributed by atoms with E-state index in [-0.39, 0.29) is 0 Å². The van der Waals surface area contributed by atoms with Gasteiger partial charge in [-0.2, -0.15) is 10.4 Å². The van der Waals surface area contributed by atoms with Crippen molar-refractivity contribution in [3.63, 3.8) is 0 Å². The van der Waals surface area contributed by atoms with E-state index in [9.17, 15) is 0 Å². The van der Waals surface area contributed by atoms with Crippen LogP contribution >= 0.6 is 0 Å². The van der Waals surface area contributed by atoms with Crippen molar-refractivity contribution in [2.24, 2.45) is 7.05 Å². The largest absolute Gasteiger partial charge is 0.397 e. The molecule has 0 saturated carbocycles. The summed E-state index contributed by atoms with van der Waals surface area (Å²) >= 11 is 0. The lowest BCUT2D eigenvalue weighted by Gasteiger charge is -2.08. The van der Waals surface area contributed by atoms with E-state index in [0.717, 1.165) is 18.7 Å². The van der Waals surface area contributed by atoms with Crippen LogP contribution in [0.25, 0.3) is 0 Å². The predicted molar refractivity (Wildman–Crippen MR) is 71.0 cm³/mol. The van der Waals surface area contributed by atoms with Gasteiger partial charge in [0.2, 0.25) is 0 Å². The van der Waals surface area contributed by atoms with Gasteiger partial charge >= 0.3 is 0 Å². The maximum Gasteiger partial charge on any atom is 0.0992 e. The van der Waals surface area contributed by atoms with Crippen molar-refractivity contribution in [1.82, 2.24) is 9.78 Å². The lowest BCUT2D eigenvalue weighted by atomic mass is 10.2. The van der Waals surface area contributed by atoms with Gasteiger partial charge in [-0.1, -0.05) is 0 Å². The van der Waals surface area contributed by atoms with Crippen LogP contribution < -0.4 is 11.1 Å². The monoisotopic (exact) mass is 241 g/mol. The molecule has 0 bridgehead atoms. The van der Waals surface area contributed by atoms with Crippen molar-refractivity contribution in [2.75, 3.05) is 17.6 Å². The number of rotatable bonds is 4. The number of aryl methyl sites for hydroxylation is 1. The molecule has 0 saturated heterocycles. The van der Waals surface area contributed by atoms with Crippen molar-refractivity contribution in [3.05, 3.63) is 41.7 Å². The minimum atomic E-state index is 0.574. The van der Waals surface area contributed by atoms with Crippen LogP contribution in [0.15, 0.2) is 30.6 Å². The highest BCUT2D eigenvalue weighted by molar-refractivity contribution is 5.68. The van der Waals surface area contributed by atoms with Gasteiger partial charge in [-0.05, 0) is 30.2 Å². The maximum atomic E-state index is 8.74. The standard InChI is InChI=1S/C13H15N5/c1-18-9-11(8-17-18)4-5-16-13-3-2-10(7-14)6-12(13)15/h2-3,6,8-9,16H,4-5,15H2,1H3. The third-order valence-electron chi connectivity index (χ3n) is 2.67. The van der Waals surface area contributed by atoms with Crippen molar-refractivity contribution in [2.45, 2.75) is 6.42 Å². The summed E-state index contributed by atoms with van der Waals surface area (Å²) in [6, 6.07) is 7.32. The van der Waals surface area contributed by atoms with Crippen LogP contribution in [-0.4, -0.2) is 16.3 Å². The highest BCUT2D eigenvalue weighted by Crippen LogP contribution is 2.19. The van der Waals surface area contributed by atoms with Gasteiger partial charge in [0.05, 0.1) is 29.2 Å². The third kappa shape index (κ3) is 2.80. The van der Waals surface area contributed by atoms with Crippen LogP contribution in [0.1, 0.15) is 11.1 Å². The van der Waals surface area contributed by atoms with Crippen molar-refractivity contribution in [3.8, 4) is 6.07 Å². The zero-order valence-corrected chi connectivity index (χ0v) is 10.2. The molecule has 0 aliphatic carbocycles. The minimum Gasteiger partial charge on any atom is -0.397 e. The number of nitrogens with one attached hydrogen (secondary N) is 1. The van der Waals surface area contributed by atoms with E-state index in [1.54, 1.807) is 16.8 Å². The van der Waals surface area contributed by atoms with Crippen LogP contribution in [0.2, 0.25) is 0 Å². The molecule has 1 aromatic heterocycles. The number of nitrogens with zero attached hydrogens (tertiary/aromatic N) is 3. The first-order valence-electron chi connectivity index (χ1n) is 5.70. The molecule has 0 spiro atoms. The molecule has 5 nitrogen and oxygen atoms in total. The van der Waals surface area contributed by atoms with Crippen molar-refractivity contribution in [1.29, 1.82) is 5.26 Å².